The Kier molecular flexibility index (Phi) is 6.50. The van der Waals surface area contributed by atoms with Gasteiger partial charge >= 0.3 is 0 Å². The first-order valence-electron chi connectivity index (χ1n) is 12.0. The highest BCUT2D eigenvalue weighted by molar-refractivity contribution is 6.10. The molecule has 2 aliphatic heterocycles. The molecule has 0 saturated carbocycles. The van der Waals surface area contributed by atoms with Crippen LogP contribution in [0.1, 0.15) is 34.6 Å². The molecule has 1 fully saturated rings. The number of halogens is 1. The number of allylic oxidation sites excluding steroid dienone is 1. The molecule has 5 rings (SSSR count). The molecule has 2 unspecified atom stereocenters. The van der Waals surface area contributed by atoms with Gasteiger partial charge in [-0.15, -0.1) is 0 Å². The largest absolute Gasteiger partial charge is 0.302 e. The van der Waals surface area contributed by atoms with E-state index < -0.39 is 0 Å². The van der Waals surface area contributed by atoms with Gasteiger partial charge in [-0.3, -0.25) is 4.99 Å². The van der Waals surface area contributed by atoms with E-state index in [9.17, 15) is 4.39 Å². The molecule has 1 saturated heterocycles. The fourth-order valence-electron chi connectivity index (χ4n) is 5.29. The van der Waals surface area contributed by atoms with E-state index in [2.05, 4.69) is 72.5 Å². The van der Waals surface area contributed by atoms with Gasteiger partial charge in [0.15, 0.2) is 0 Å². The molecule has 0 bridgehead atoms. The average Bonchev–Trinajstić information content (AvgIpc) is 3.34. The van der Waals surface area contributed by atoms with Crippen molar-refractivity contribution in [1.82, 2.24) is 4.90 Å². The lowest BCUT2D eigenvalue weighted by atomic mass is 9.76. The molecule has 0 aliphatic carbocycles. The molecule has 0 amide bonds. The maximum absolute atomic E-state index is 13.7. The van der Waals surface area contributed by atoms with Crippen LogP contribution in [0.4, 0.5) is 4.39 Å². The predicted molar refractivity (Wildman–Crippen MR) is 134 cm³/mol. The zero-order valence-electron chi connectivity index (χ0n) is 19.3. The summed E-state index contributed by atoms with van der Waals surface area (Å²) in [6.45, 7) is 6.04. The summed E-state index contributed by atoms with van der Waals surface area (Å²) >= 11 is 0. The van der Waals surface area contributed by atoms with E-state index >= 15 is 0 Å². The number of aliphatic imine (C=N–C) groups is 1. The first-order valence-corrected chi connectivity index (χ1v) is 12.0. The summed E-state index contributed by atoms with van der Waals surface area (Å²) in [5.41, 5.74) is 7.58. The lowest BCUT2D eigenvalue weighted by Gasteiger charge is -2.39. The second-order valence-corrected chi connectivity index (χ2v) is 9.38. The zero-order valence-corrected chi connectivity index (χ0v) is 19.3. The predicted octanol–water partition coefficient (Wildman–Crippen LogP) is 6.21. The quantitative estimate of drug-likeness (QED) is 0.447. The van der Waals surface area contributed by atoms with E-state index in [0.717, 1.165) is 44.7 Å². The molecule has 0 spiro atoms. The Morgan fingerprint density at radius 1 is 0.939 bits per heavy atom. The number of hydrogen-bond acceptors (Lipinski definition) is 2. The van der Waals surface area contributed by atoms with Crippen LogP contribution in [-0.4, -0.2) is 36.8 Å². The fraction of sp³-hybridized carbons (Fsp3) is 0.300. The van der Waals surface area contributed by atoms with Gasteiger partial charge in [-0.05, 0) is 78.8 Å². The smallest absolute Gasteiger partial charge is 0.123 e. The molecule has 2 aliphatic rings. The maximum atomic E-state index is 13.7. The molecule has 3 heteroatoms. The zero-order chi connectivity index (χ0) is 22.6. The van der Waals surface area contributed by atoms with Crippen LogP contribution in [0.3, 0.4) is 0 Å². The minimum atomic E-state index is -0.169. The van der Waals surface area contributed by atoms with Crippen LogP contribution in [-0.2, 0) is 6.42 Å². The molecular weight excluding hydrogens is 407 g/mol. The second-order valence-electron chi connectivity index (χ2n) is 9.38. The molecule has 3 aromatic rings. The highest BCUT2D eigenvalue weighted by atomic mass is 19.1. The third-order valence-electron chi connectivity index (χ3n) is 7.10. The first-order chi connectivity index (χ1) is 16.2. The number of benzene rings is 3. The Hall–Kier alpha value is -3.04. The highest BCUT2D eigenvalue weighted by Gasteiger charge is 2.33. The average molecular weight is 439 g/mol. The van der Waals surface area contributed by atoms with Gasteiger partial charge < -0.3 is 4.90 Å². The number of likely N-dealkylation sites (tertiary alicyclic amines) is 1. The van der Waals surface area contributed by atoms with Crippen LogP contribution in [0.25, 0.3) is 0 Å². The topological polar surface area (TPSA) is 15.6 Å². The van der Waals surface area contributed by atoms with E-state index in [-0.39, 0.29) is 5.82 Å². The van der Waals surface area contributed by atoms with Crippen molar-refractivity contribution < 1.29 is 4.39 Å². The van der Waals surface area contributed by atoms with Gasteiger partial charge in [-0.2, -0.15) is 0 Å². The van der Waals surface area contributed by atoms with Gasteiger partial charge in [0.25, 0.3) is 0 Å². The van der Waals surface area contributed by atoms with E-state index in [1.165, 1.54) is 27.8 Å². The molecular formula is C30H31FN2. The van der Waals surface area contributed by atoms with Crippen molar-refractivity contribution in [2.45, 2.75) is 25.7 Å². The Bertz CT molecular complexity index is 1150. The SMILES string of the molecule is Cc1cccc(C2=NCC(C3CCN(CCc4ccccc4)CC3c3ccc(F)cc3)=C2)c1. The van der Waals surface area contributed by atoms with Crippen molar-refractivity contribution in [3.05, 3.63) is 119 Å². The number of aryl methyl sites for hydroxylation is 1. The summed E-state index contributed by atoms with van der Waals surface area (Å²) in [6, 6.07) is 26.5. The Balaban J connectivity index is 1.35. The van der Waals surface area contributed by atoms with Crippen molar-refractivity contribution in [3.63, 3.8) is 0 Å². The van der Waals surface area contributed by atoms with Crippen LogP contribution in [0.2, 0.25) is 0 Å². The normalized spacial score (nSPS) is 21.0. The van der Waals surface area contributed by atoms with Crippen LogP contribution in [0.5, 0.6) is 0 Å². The van der Waals surface area contributed by atoms with Crippen LogP contribution in [0, 0.1) is 18.7 Å². The molecule has 2 nitrogen and oxygen atoms in total. The van der Waals surface area contributed by atoms with Crippen molar-refractivity contribution in [1.29, 1.82) is 0 Å². The van der Waals surface area contributed by atoms with E-state index in [1.807, 2.05) is 12.1 Å². The maximum Gasteiger partial charge on any atom is 0.123 e. The summed E-state index contributed by atoms with van der Waals surface area (Å²) in [5, 5.41) is 0. The molecule has 33 heavy (non-hydrogen) atoms. The number of nitrogens with zero attached hydrogens (tertiary/aromatic N) is 2. The van der Waals surface area contributed by atoms with Gasteiger partial charge in [0.1, 0.15) is 5.82 Å². The Morgan fingerprint density at radius 2 is 1.76 bits per heavy atom. The van der Waals surface area contributed by atoms with Crippen molar-refractivity contribution in [2.75, 3.05) is 26.2 Å². The minimum Gasteiger partial charge on any atom is -0.302 e. The van der Waals surface area contributed by atoms with Gasteiger partial charge in [0, 0.05) is 19.0 Å². The third kappa shape index (κ3) is 5.15. The molecule has 0 aromatic heterocycles. The Labute approximate surface area is 196 Å². The number of rotatable bonds is 6. The highest BCUT2D eigenvalue weighted by Crippen LogP contribution is 2.39. The van der Waals surface area contributed by atoms with Crippen molar-refractivity contribution in [2.24, 2.45) is 10.9 Å². The van der Waals surface area contributed by atoms with Gasteiger partial charge in [0.2, 0.25) is 0 Å². The van der Waals surface area contributed by atoms with Crippen molar-refractivity contribution >= 4 is 5.71 Å². The molecule has 2 heterocycles. The third-order valence-corrected chi connectivity index (χ3v) is 7.10. The lowest BCUT2D eigenvalue weighted by molar-refractivity contribution is 0.175. The fourth-order valence-corrected chi connectivity index (χ4v) is 5.29. The molecule has 168 valence electrons. The van der Waals surface area contributed by atoms with Crippen LogP contribution in [0.15, 0.2) is 95.5 Å². The van der Waals surface area contributed by atoms with Gasteiger partial charge in [-0.25, -0.2) is 4.39 Å². The summed E-state index contributed by atoms with van der Waals surface area (Å²) < 4.78 is 13.7. The monoisotopic (exact) mass is 438 g/mol. The summed E-state index contributed by atoms with van der Waals surface area (Å²) in [7, 11) is 0. The van der Waals surface area contributed by atoms with Gasteiger partial charge in [0.05, 0.1) is 12.3 Å². The molecule has 3 aromatic carbocycles. The van der Waals surface area contributed by atoms with E-state index in [1.54, 1.807) is 12.1 Å². The number of hydrogen-bond donors (Lipinski definition) is 0. The molecule has 2 atom stereocenters. The van der Waals surface area contributed by atoms with Crippen LogP contribution < -0.4 is 0 Å². The minimum absolute atomic E-state index is 0.169. The van der Waals surface area contributed by atoms with Crippen molar-refractivity contribution in [3.8, 4) is 0 Å². The Morgan fingerprint density at radius 3 is 2.55 bits per heavy atom. The second kappa shape index (κ2) is 9.84. The lowest BCUT2D eigenvalue weighted by Crippen LogP contribution is -2.41. The van der Waals surface area contributed by atoms with E-state index in [4.69, 9.17) is 4.99 Å². The van der Waals surface area contributed by atoms with E-state index in [0.29, 0.717) is 11.8 Å². The van der Waals surface area contributed by atoms with Gasteiger partial charge in [-0.1, -0.05) is 66.2 Å². The number of piperidine rings is 1. The summed E-state index contributed by atoms with van der Waals surface area (Å²) in [4.78, 5) is 7.47. The molecule has 0 radical (unpaired) electrons. The summed E-state index contributed by atoms with van der Waals surface area (Å²) in [6.07, 6.45) is 4.49. The molecule has 0 N–H and O–H groups in total. The first kappa shape index (κ1) is 21.8. The summed E-state index contributed by atoms with van der Waals surface area (Å²) in [5.74, 6) is 0.625. The van der Waals surface area contributed by atoms with Crippen LogP contribution >= 0.6 is 0 Å². The standard InChI is InChI=1S/C30H31FN2/c1-22-6-5-9-25(18-22)30-19-26(20-32-30)28-15-17-33(16-14-23-7-3-2-4-8-23)21-29(28)24-10-12-27(31)13-11-24/h2-13,18-19,28-29H,14-17,20-21H2,1H3.